The van der Waals surface area contributed by atoms with Crippen molar-refractivity contribution >= 4 is 33.4 Å². The first-order valence-corrected chi connectivity index (χ1v) is 10.6. The molecule has 1 aliphatic heterocycles. The van der Waals surface area contributed by atoms with Crippen LogP contribution >= 0.6 is 11.6 Å². The zero-order valence-electron chi connectivity index (χ0n) is 15.4. The number of halogens is 2. The highest BCUT2D eigenvalue weighted by Crippen LogP contribution is 2.21. The number of hydrogen-bond acceptors (Lipinski definition) is 3. The van der Waals surface area contributed by atoms with Gasteiger partial charge in [-0.05, 0) is 37.1 Å². The molecule has 0 aliphatic carbocycles. The highest BCUT2D eigenvalue weighted by atomic mass is 35.5. The maximum atomic E-state index is 13.2. The third-order valence-electron chi connectivity index (χ3n) is 4.43. The van der Waals surface area contributed by atoms with Gasteiger partial charge in [0.1, 0.15) is 5.82 Å². The molecule has 0 atom stereocenters. The summed E-state index contributed by atoms with van der Waals surface area (Å²) in [6, 6.07) is 11.5. The van der Waals surface area contributed by atoms with E-state index in [2.05, 4.69) is 5.32 Å². The second-order valence-corrected chi connectivity index (χ2v) is 9.03. The Morgan fingerprint density at radius 3 is 2.64 bits per heavy atom. The van der Waals surface area contributed by atoms with E-state index in [0.29, 0.717) is 18.7 Å². The van der Waals surface area contributed by atoms with Gasteiger partial charge >= 0.3 is 0 Å². The molecule has 0 radical (unpaired) electrons. The zero-order chi connectivity index (χ0) is 20.3. The minimum absolute atomic E-state index is 0.118. The third kappa shape index (κ3) is 4.88. The first kappa shape index (κ1) is 20.7. The summed E-state index contributed by atoms with van der Waals surface area (Å²) in [5.74, 6) is -1.10. The summed E-state index contributed by atoms with van der Waals surface area (Å²) in [6.45, 7) is 2.57. The van der Waals surface area contributed by atoms with E-state index in [1.807, 2.05) is 31.2 Å². The van der Waals surface area contributed by atoms with Crippen LogP contribution in [0.25, 0.3) is 0 Å². The molecule has 150 valence electrons. The van der Waals surface area contributed by atoms with Crippen LogP contribution in [0.15, 0.2) is 42.5 Å². The molecule has 1 fully saturated rings. The highest BCUT2D eigenvalue weighted by Gasteiger charge is 2.34. The molecule has 3 rings (SSSR count). The molecule has 1 saturated heterocycles. The van der Waals surface area contributed by atoms with E-state index in [1.54, 1.807) is 0 Å². The lowest BCUT2D eigenvalue weighted by Crippen LogP contribution is -2.51. The fourth-order valence-electron chi connectivity index (χ4n) is 3.09. The number of carbonyl (C=O) groups is 1. The number of benzene rings is 2. The van der Waals surface area contributed by atoms with Gasteiger partial charge in [-0.25, -0.2) is 4.39 Å². The standard InChI is InChI=1S/C19H21ClFN3O3S/c1-14-4-2-5-15(10-14)12-23-8-3-9-24(28(23,26)27)13-19(25)22-16-6-7-18(21)17(20)11-16/h2,4-7,10-11H,3,8-9,12-13H2,1H3,(H,22,25). The number of amides is 1. The molecule has 1 N–H and O–H groups in total. The molecule has 28 heavy (non-hydrogen) atoms. The van der Waals surface area contributed by atoms with Gasteiger partial charge in [0.25, 0.3) is 10.2 Å². The lowest BCUT2D eigenvalue weighted by Gasteiger charge is -2.34. The molecule has 1 aliphatic rings. The normalized spacial score (nSPS) is 17.4. The Balaban J connectivity index is 1.67. The van der Waals surface area contributed by atoms with Crippen molar-refractivity contribution in [3.8, 4) is 0 Å². The van der Waals surface area contributed by atoms with Crippen molar-refractivity contribution < 1.29 is 17.6 Å². The Bertz CT molecular complexity index is 984. The summed E-state index contributed by atoms with van der Waals surface area (Å²) in [7, 11) is -3.76. The molecule has 9 heteroatoms. The summed E-state index contributed by atoms with van der Waals surface area (Å²) in [5, 5.41) is 2.43. The van der Waals surface area contributed by atoms with Gasteiger partial charge < -0.3 is 5.32 Å². The molecule has 0 spiro atoms. The van der Waals surface area contributed by atoms with E-state index in [1.165, 1.54) is 16.4 Å². The van der Waals surface area contributed by atoms with Gasteiger partial charge in [0.05, 0.1) is 11.6 Å². The predicted molar refractivity (Wildman–Crippen MR) is 107 cm³/mol. The smallest absolute Gasteiger partial charge is 0.282 e. The number of aryl methyl sites for hydroxylation is 1. The van der Waals surface area contributed by atoms with Crippen LogP contribution in [0.1, 0.15) is 17.5 Å². The Morgan fingerprint density at radius 2 is 1.93 bits per heavy atom. The minimum atomic E-state index is -3.76. The van der Waals surface area contributed by atoms with Gasteiger partial charge in [-0.1, -0.05) is 41.4 Å². The molecular formula is C19H21ClFN3O3S. The van der Waals surface area contributed by atoms with Crippen molar-refractivity contribution in [3.63, 3.8) is 0 Å². The first-order valence-electron chi connectivity index (χ1n) is 8.81. The molecule has 6 nitrogen and oxygen atoms in total. The van der Waals surface area contributed by atoms with E-state index >= 15 is 0 Å². The molecule has 1 amide bonds. The maximum Gasteiger partial charge on any atom is 0.282 e. The van der Waals surface area contributed by atoms with Gasteiger partial charge in [0.2, 0.25) is 5.91 Å². The molecule has 0 aromatic heterocycles. The van der Waals surface area contributed by atoms with Crippen LogP contribution in [0.2, 0.25) is 5.02 Å². The van der Waals surface area contributed by atoms with Crippen LogP contribution in [0.4, 0.5) is 10.1 Å². The van der Waals surface area contributed by atoms with E-state index < -0.39 is 21.9 Å². The van der Waals surface area contributed by atoms with Crippen LogP contribution in [-0.4, -0.2) is 42.6 Å². The molecule has 0 bridgehead atoms. The van der Waals surface area contributed by atoms with Crippen LogP contribution in [0.3, 0.4) is 0 Å². The predicted octanol–water partition coefficient (Wildman–Crippen LogP) is 3.18. The van der Waals surface area contributed by atoms with Crippen LogP contribution in [0.5, 0.6) is 0 Å². The molecule has 0 saturated carbocycles. The average Bonchev–Trinajstić information content (AvgIpc) is 2.62. The summed E-state index contributed by atoms with van der Waals surface area (Å²) < 4.78 is 41.5. The van der Waals surface area contributed by atoms with E-state index in [4.69, 9.17) is 11.6 Å². The molecule has 2 aromatic carbocycles. The molecular weight excluding hydrogens is 405 g/mol. The minimum Gasteiger partial charge on any atom is -0.325 e. The number of carbonyl (C=O) groups excluding carboxylic acids is 1. The first-order chi connectivity index (χ1) is 13.3. The van der Waals surface area contributed by atoms with Gasteiger partial charge in [0.15, 0.2) is 0 Å². The SMILES string of the molecule is Cc1cccc(CN2CCCN(CC(=O)Nc3ccc(F)c(Cl)c3)S2(=O)=O)c1. The fourth-order valence-corrected chi connectivity index (χ4v) is 4.91. The number of nitrogens with one attached hydrogen (secondary N) is 1. The van der Waals surface area contributed by atoms with E-state index in [9.17, 15) is 17.6 Å². The summed E-state index contributed by atoms with van der Waals surface area (Å²) in [6.07, 6.45) is 0.626. The summed E-state index contributed by atoms with van der Waals surface area (Å²) in [5.41, 5.74) is 2.26. The van der Waals surface area contributed by atoms with Crippen molar-refractivity contribution in [2.45, 2.75) is 19.9 Å². The maximum absolute atomic E-state index is 13.2. The van der Waals surface area contributed by atoms with Crippen LogP contribution < -0.4 is 5.32 Å². The van der Waals surface area contributed by atoms with Gasteiger partial charge in [-0.3, -0.25) is 4.79 Å². The number of rotatable bonds is 5. The average molecular weight is 426 g/mol. The van der Waals surface area contributed by atoms with Crippen molar-refractivity contribution in [2.75, 3.05) is 25.0 Å². The summed E-state index contributed by atoms with van der Waals surface area (Å²) in [4.78, 5) is 12.3. The molecule has 0 unspecified atom stereocenters. The Kier molecular flexibility index (Phi) is 6.34. The highest BCUT2D eigenvalue weighted by molar-refractivity contribution is 7.86. The van der Waals surface area contributed by atoms with E-state index in [-0.39, 0.29) is 24.7 Å². The van der Waals surface area contributed by atoms with Crippen molar-refractivity contribution in [3.05, 3.63) is 64.4 Å². The Labute approximate surface area is 169 Å². The van der Waals surface area contributed by atoms with Gasteiger partial charge in [-0.2, -0.15) is 17.0 Å². The quantitative estimate of drug-likeness (QED) is 0.799. The monoisotopic (exact) mass is 425 g/mol. The second-order valence-electron chi connectivity index (χ2n) is 6.69. The molecule has 1 heterocycles. The fraction of sp³-hybridized carbons (Fsp3) is 0.316. The second kappa shape index (κ2) is 8.57. The summed E-state index contributed by atoms with van der Waals surface area (Å²) >= 11 is 5.70. The van der Waals surface area contributed by atoms with Crippen LogP contribution in [0, 0.1) is 12.7 Å². The Hall–Kier alpha value is -2.00. The van der Waals surface area contributed by atoms with Crippen molar-refractivity contribution in [1.82, 2.24) is 8.61 Å². The lowest BCUT2D eigenvalue weighted by atomic mass is 10.1. The number of nitrogens with zero attached hydrogens (tertiary/aromatic N) is 2. The zero-order valence-corrected chi connectivity index (χ0v) is 16.9. The topological polar surface area (TPSA) is 69.7 Å². The number of hydrogen-bond donors (Lipinski definition) is 1. The Morgan fingerprint density at radius 1 is 1.18 bits per heavy atom. The van der Waals surface area contributed by atoms with Crippen LogP contribution in [-0.2, 0) is 21.5 Å². The van der Waals surface area contributed by atoms with Gasteiger partial charge in [-0.15, -0.1) is 0 Å². The van der Waals surface area contributed by atoms with Crippen molar-refractivity contribution in [1.29, 1.82) is 0 Å². The number of anilines is 1. The third-order valence-corrected chi connectivity index (χ3v) is 6.65. The van der Waals surface area contributed by atoms with Gasteiger partial charge in [0, 0.05) is 25.3 Å². The lowest BCUT2D eigenvalue weighted by molar-refractivity contribution is -0.116. The van der Waals surface area contributed by atoms with E-state index in [0.717, 1.165) is 21.5 Å². The molecule has 2 aromatic rings. The van der Waals surface area contributed by atoms with Crippen molar-refractivity contribution in [2.24, 2.45) is 0 Å². The largest absolute Gasteiger partial charge is 0.325 e.